The van der Waals surface area contributed by atoms with Gasteiger partial charge >= 0.3 is 11.9 Å². The molecule has 0 aliphatic carbocycles. The van der Waals surface area contributed by atoms with E-state index in [4.69, 9.17) is 14.6 Å². The molecule has 0 spiro atoms. The van der Waals surface area contributed by atoms with Crippen LogP contribution >= 0.6 is 0 Å². The van der Waals surface area contributed by atoms with E-state index in [1.165, 1.54) is 9.80 Å². The molecule has 2 rings (SSSR count). The van der Waals surface area contributed by atoms with Gasteiger partial charge in [0.25, 0.3) is 0 Å². The summed E-state index contributed by atoms with van der Waals surface area (Å²) in [7, 11) is 0. The molecule has 2 fully saturated rings. The largest absolute Gasteiger partial charge is 0.481 e. The Morgan fingerprint density at radius 3 is 1.81 bits per heavy atom. The van der Waals surface area contributed by atoms with Gasteiger partial charge in [0.05, 0.1) is 12.8 Å². The highest BCUT2D eigenvalue weighted by Crippen LogP contribution is 2.20. The van der Waals surface area contributed by atoms with E-state index in [1.54, 1.807) is 0 Å². The molecule has 0 radical (unpaired) electrons. The number of hydrogen-bond donors (Lipinski definition) is 5. The third-order valence-electron chi connectivity index (χ3n) is 5.18. The van der Waals surface area contributed by atoms with E-state index in [-0.39, 0.29) is 63.7 Å². The van der Waals surface area contributed by atoms with Crippen LogP contribution in [0.25, 0.3) is 0 Å². The Morgan fingerprint density at radius 2 is 1.29 bits per heavy atom. The molecule has 0 aromatic heterocycles. The number of carbonyl (C=O) groups excluding carboxylic acids is 3. The number of carboxylic acid groups (broad SMARTS) is 1. The number of carboxylic acids is 1. The Bertz CT molecular complexity index is 665. The van der Waals surface area contributed by atoms with Crippen LogP contribution in [0.15, 0.2) is 0 Å². The molecular weight excluding hydrogens is 420 g/mol. The van der Waals surface area contributed by atoms with Crippen molar-refractivity contribution in [3.05, 3.63) is 0 Å². The average Bonchev–Trinajstić information content (AvgIpc) is 2.75. The second kappa shape index (κ2) is 11.3. The number of rotatable bonds is 8. The molecule has 13 heteroatoms. The van der Waals surface area contributed by atoms with Gasteiger partial charge in [-0.05, 0) is 0 Å². The number of esters is 1. The van der Waals surface area contributed by atoms with Crippen molar-refractivity contribution in [3.63, 3.8) is 0 Å². The third kappa shape index (κ3) is 7.11. The van der Waals surface area contributed by atoms with E-state index in [1.807, 2.05) is 0 Å². The van der Waals surface area contributed by atoms with E-state index in [0.29, 0.717) is 0 Å². The highest BCUT2D eigenvalue weighted by atomic mass is 16.6. The Labute approximate surface area is 177 Å². The van der Waals surface area contributed by atoms with Crippen LogP contribution in [0.1, 0.15) is 25.7 Å². The quantitative estimate of drug-likeness (QED) is 0.233. The van der Waals surface area contributed by atoms with Gasteiger partial charge in [0.1, 0.15) is 31.0 Å². The molecular formula is C18H28N2O11. The fraction of sp³-hybridized carbons (Fsp3) is 0.778. The molecule has 2 amide bonds. The Hall–Kier alpha value is -2.32. The van der Waals surface area contributed by atoms with Gasteiger partial charge in [0, 0.05) is 39.0 Å². The Balaban J connectivity index is 1.67. The molecule has 5 atom stereocenters. The molecule has 0 saturated carbocycles. The molecule has 0 aromatic carbocycles. The summed E-state index contributed by atoms with van der Waals surface area (Å²) in [6, 6.07) is 0. The van der Waals surface area contributed by atoms with Crippen LogP contribution in [0, 0.1) is 0 Å². The van der Waals surface area contributed by atoms with E-state index in [2.05, 4.69) is 0 Å². The number of aliphatic hydroxyl groups excluding tert-OH is 4. The van der Waals surface area contributed by atoms with Crippen LogP contribution in [0.5, 0.6) is 0 Å². The monoisotopic (exact) mass is 448 g/mol. The molecule has 13 nitrogen and oxygen atoms in total. The van der Waals surface area contributed by atoms with Crippen molar-refractivity contribution >= 4 is 23.8 Å². The second-order valence-corrected chi connectivity index (χ2v) is 7.38. The molecule has 2 aliphatic rings. The Morgan fingerprint density at radius 1 is 0.774 bits per heavy atom. The van der Waals surface area contributed by atoms with Crippen LogP contribution in [-0.4, -0.2) is 123 Å². The van der Waals surface area contributed by atoms with Gasteiger partial charge in [0.15, 0.2) is 6.29 Å². The van der Waals surface area contributed by atoms with Crippen LogP contribution in [-0.2, 0) is 28.7 Å². The Kier molecular flexibility index (Phi) is 9.13. The molecule has 2 aliphatic heterocycles. The van der Waals surface area contributed by atoms with Crippen LogP contribution in [0.4, 0.5) is 0 Å². The van der Waals surface area contributed by atoms with Gasteiger partial charge in [0.2, 0.25) is 11.8 Å². The van der Waals surface area contributed by atoms with Crippen molar-refractivity contribution in [1.82, 2.24) is 9.80 Å². The lowest BCUT2D eigenvalue weighted by atomic mass is 9.99. The number of aliphatic hydroxyl groups is 4. The van der Waals surface area contributed by atoms with E-state index < -0.39 is 49.3 Å². The predicted octanol–water partition coefficient (Wildman–Crippen LogP) is -3.35. The lowest BCUT2D eigenvalue weighted by Crippen LogP contribution is -2.58. The maximum Gasteiger partial charge on any atom is 0.306 e. The van der Waals surface area contributed by atoms with Crippen molar-refractivity contribution in [2.24, 2.45) is 0 Å². The number of ether oxygens (including phenoxy) is 2. The first-order valence-corrected chi connectivity index (χ1v) is 9.91. The molecule has 176 valence electrons. The molecule has 2 saturated heterocycles. The SMILES string of the molecule is O=C(O)CCC(=O)N1CCN(C(=O)CCC(=O)OC[C@H]2OC(O)[C@H](O)[C@@H](O)[C@@H]2O)CC1. The summed E-state index contributed by atoms with van der Waals surface area (Å²) in [5.41, 5.74) is 0. The van der Waals surface area contributed by atoms with Crippen molar-refractivity contribution in [2.75, 3.05) is 32.8 Å². The average molecular weight is 448 g/mol. The smallest absolute Gasteiger partial charge is 0.306 e. The summed E-state index contributed by atoms with van der Waals surface area (Å²) < 4.78 is 9.81. The number of aliphatic carboxylic acids is 1. The summed E-state index contributed by atoms with van der Waals surface area (Å²) >= 11 is 0. The van der Waals surface area contributed by atoms with Gasteiger partial charge in [-0.2, -0.15) is 0 Å². The molecule has 1 unspecified atom stereocenters. The molecule has 0 bridgehead atoms. The van der Waals surface area contributed by atoms with Gasteiger partial charge in [-0.15, -0.1) is 0 Å². The highest BCUT2D eigenvalue weighted by molar-refractivity contribution is 5.83. The number of amides is 2. The lowest BCUT2D eigenvalue weighted by molar-refractivity contribution is -0.287. The maximum atomic E-state index is 12.3. The number of piperazine rings is 1. The zero-order valence-electron chi connectivity index (χ0n) is 16.8. The predicted molar refractivity (Wildman–Crippen MR) is 99.1 cm³/mol. The van der Waals surface area contributed by atoms with E-state index >= 15 is 0 Å². The summed E-state index contributed by atoms with van der Waals surface area (Å²) in [5.74, 6) is -2.39. The zero-order chi connectivity index (χ0) is 23.1. The van der Waals surface area contributed by atoms with Crippen molar-refractivity contribution in [2.45, 2.75) is 56.4 Å². The molecule has 31 heavy (non-hydrogen) atoms. The van der Waals surface area contributed by atoms with Crippen LogP contribution in [0.2, 0.25) is 0 Å². The van der Waals surface area contributed by atoms with E-state index in [0.717, 1.165) is 0 Å². The van der Waals surface area contributed by atoms with Crippen LogP contribution < -0.4 is 0 Å². The van der Waals surface area contributed by atoms with Crippen molar-refractivity contribution in [1.29, 1.82) is 0 Å². The summed E-state index contributed by atoms with van der Waals surface area (Å²) in [4.78, 5) is 49.6. The van der Waals surface area contributed by atoms with Gasteiger partial charge in [-0.1, -0.05) is 0 Å². The molecule has 2 heterocycles. The number of nitrogens with zero attached hydrogens (tertiary/aromatic N) is 2. The van der Waals surface area contributed by atoms with Gasteiger partial charge in [-0.3, -0.25) is 19.2 Å². The first-order valence-electron chi connectivity index (χ1n) is 9.91. The molecule has 5 N–H and O–H groups in total. The number of carbonyl (C=O) groups is 4. The lowest BCUT2D eigenvalue weighted by Gasteiger charge is -2.37. The van der Waals surface area contributed by atoms with Crippen molar-refractivity contribution in [3.8, 4) is 0 Å². The first-order chi connectivity index (χ1) is 14.6. The normalized spacial score (nSPS) is 28.8. The van der Waals surface area contributed by atoms with Crippen molar-refractivity contribution < 1.29 is 54.2 Å². The molecule has 0 aromatic rings. The summed E-state index contributed by atoms with van der Waals surface area (Å²) in [6.07, 6.45) is -8.61. The van der Waals surface area contributed by atoms with Gasteiger partial charge < -0.3 is 44.8 Å². The minimum absolute atomic E-state index is 0.0957. The first kappa shape index (κ1) is 24.9. The van der Waals surface area contributed by atoms with Gasteiger partial charge in [-0.25, -0.2) is 0 Å². The van der Waals surface area contributed by atoms with Crippen LogP contribution in [0.3, 0.4) is 0 Å². The number of hydrogen-bond acceptors (Lipinski definition) is 10. The maximum absolute atomic E-state index is 12.3. The van der Waals surface area contributed by atoms with E-state index in [9.17, 15) is 39.6 Å². The standard InChI is InChI=1S/C18H28N2O11/c21-11(1-3-13(23)24)19-5-7-20(8-6-19)12(22)2-4-14(25)30-9-10-15(26)16(27)17(28)18(29)31-10/h10,15-18,26-29H,1-9H2,(H,23,24)/t10-,15-,16+,17-,18?/m1/s1. The fourth-order valence-corrected chi connectivity index (χ4v) is 3.26. The topological polar surface area (TPSA) is 194 Å². The minimum atomic E-state index is -1.74. The third-order valence-corrected chi connectivity index (χ3v) is 5.18. The summed E-state index contributed by atoms with van der Waals surface area (Å²) in [6.45, 7) is 0.621. The minimum Gasteiger partial charge on any atom is -0.481 e. The fourth-order valence-electron chi connectivity index (χ4n) is 3.26. The summed E-state index contributed by atoms with van der Waals surface area (Å²) in [5, 5.41) is 46.9. The second-order valence-electron chi connectivity index (χ2n) is 7.38. The zero-order valence-corrected chi connectivity index (χ0v) is 16.8. The highest BCUT2D eigenvalue weighted by Gasteiger charge is 2.43.